The summed E-state index contributed by atoms with van der Waals surface area (Å²) in [6.07, 6.45) is 0. The third-order valence-corrected chi connectivity index (χ3v) is 6.07. The summed E-state index contributed by atoms with van der Waals surface area (Å²) in [5.41, 5.74) is 0.542. The minimum Gasteiger partial charge on any atom is -0.334 e. The Morgan fingerprint density at radius 1 is 1.37 bits per heavy atom. The van der Waals surface area contributed by atoms with Crippen molar-refractivity contribution in [2.45, 2.75) is 13.0 Å². The number of amides is 1. The van der Waals surface area contributed by atoms with E-state index in [1.165, 1.54) is 0 Å². The van der Waals surface area contributed by atoms with Gasteiger partial charge >= 0.3 is 0 Å². The van der Waals surface area contributed by atoms with Crippen molar-refractivity contribution in [1.82, 2.24) is 4.90 Å². The first-order valence-electron chi connectivity index (χ1n) is 5.76. The molecule has 0 aliphatic carbocycles. The average molecular weight is 411 g/mol. The summed E-state index contributed by atoms with van der Waals surface area (Å²) >= 11 is 6.69. The molecule has 1 aromatic carbocycles. The van der Waals surface area contributed by atoms with E-state index in [0.717, 1.165) is 4.47 Å². The molecular formula is C12H13Br2NO3S. The maximum atomic E-state index is 12.5. The first kappa shape index (κ1) is 15.0. The lowest BCUT2D eigenvalue weighted by molar-refractivity contribution is 0.0711. The Bertz CT molecular complexity index is 615. The van der Waals surface area contributed by atoms with Gasteiger partial charge in [-0.25, -0.2) is 8.42 Å². The molecule has 0 bridgehead atoms. The maximum absolute atomic E-state index is 12.5. The van der Waals surface area contributed by atoms with E-state index < -0.39 is 9.84 Å². The van der Waals surface area contributed by atoms with Crippen LogP contribution in [-0.4, -0.2) is 43.3 Å². The van der Waals surface area contributed by atoms with Crippen molar-refractivity contribution >= 4 is 47.6 Å². The van der Waals surface area contributed by atoms with E-state index >= 15 is 0 Å². The average Bonchev–Trinajstić information content (AvgIpc) is 2.30. The van der Waals surface area contributed by atoms with Gasteiger partial charge in [0.25, 0.3) is 5.91 Å². The van der Waals surface area contributed by atoms with E-state index in [1.54, 1.807) is 24.0 Å². The smallest absolute Gasteiger partial charge is 0.255 e. The molecule has 1 unspecified atom stereocenters. The van der Waals surface area contributed by atoms with Crippen molar-refractivity contribution in [3.63, 3.8) is 0 Å². The Labute approximate surface area is 129 Å². The fraction of sp³-hybridized carbons (Fsp3) is 0.417. The van der Waals surface area contributed by atoms with Gasteiger partial charge in [0.1, 0.15) is 0 Å². The van der Waals surface area contributed by atoms with Gasteiger partial charge in [-0.05, 0) is 41.1 Å². The fourth-order valence-corrected chi connectivity index (χ4v) is 4.45. The molecule has 1 fully saturated rings. The topological polar surface area (TPSA) is 54.5 Å². The van der Waals surface area contributed by atoms with Gasteiger partial charge < -0.3 is 4.90 Å². The van der Waals surface area contributed by atoms with Crippen molar-refractivity contribution in [2.75, 3.05) is 18.1 Å². The molecule has 19 heavy (non-hydrogen) atoms. The number of rotatable bonds is 1. The molecule has 0 N–H and O–H groups in total. The standard InChI is InChI=1S/C12H13Br2NO3S/c1-8-7-19(17,18)5-4-15(8)12(16)10-6-9(13)2-3-11(10)14/h2-3,6,8H,4-5,7H2,1H3. The quantitative estimate of drug-likeness (QED) is 0.714. The van der Waals surface area contributed by atoms with E-state index in [1.807, 2.05) is 6.07 Å². The number of nitrogens with zero attached hydrogens (tertiary/aromatic N) is 1. The Balaban J connectivity index is 2.27. The van der Waals surface area contributed by atoms with Crippen molar-refractivity contribution in [1.29, 1.82) is 0 Å². The second kappa shape index (κ2) is 5.54. The lowest BCUT2D eigenvalue weighted by Gasteiger charge is -2.33. The molecule has 7 heteroatoms. The van der Waals surface area contributed by atoms with Gasteiger partial charge in [0, 0.05) is 21.5 Å². The summed E-state index contributed by atoms with van der Waals surface area (Å²) in [6.45, 7) is 2.02. The molecule has 0 spiro atoms. The lowest BCUT2D eigenvalue weighted by Crippen LogP contribution is -2.49. The van der Waals surface area contributed by atoms with E-state index in [2.05, 4.69) is 31.9 Å². The Kier molecular flexibility index (Phi) is 4.37. The molecule has 1 amide bonds. The molecule has 1 aromatic rings. The van der Waals surface area contributed by atoms with Crippen molar-refractivity contribution in [3.8, 4) is 0 Å². The molecule has 104 valence electrons. The van der Waals surface area contributed by atoms with E-state index in [4.69, 9.17) is 0 Å². The number of carbonyl (C=O) groups is 1. The number of carbonyl (C=O) groups excluding carboxylic acids is 1. The van der Waals surface area contributed by atoms with Crippen LogP contribution >= 0.6 is 31.9 Å². The minimum absolute atomic E-state index is 0.0321. The maximum Gasteiger partial charge on any atom is 0.255 e. The van der Waals surface area contributed by atoms with Crippen LogP contribution in [0.5, 0.6) is 0 Å². The third-order valence-electron chi connectivity index (χ3n) is 3.09. The molecule has 2 rings (SSSR count). The van der Waals surface area contributed by atoms with Crippen LogP contribution in [0, 0.1) is 0 Å². The van der Waals surface area contributed by atoms with Crippen LogP contribution in [-0.2, 0) is 9.84 Å². The van der Waals surface area contributed by atoms with Crippen molar-refractivity contribution < 1.29 is 13.2 Å². The van der Waals surface area contributed by atoms with E-state index in [0.29, 0.717) is 10.0 Å². The van der Waals surface area contributed by atoms with Gasteiger partial charge in [-0.15, -0.1) is 0 Å². The zero-order chi connectivity index (χ0) is 14.2. The first-order chi connectivity index (χ1) is 8.80. The molecule has 1 heterocycles. The highest BCUT2D eigenvalue weighted by Crippen LogP contribution is 2.24. The second-order valence-corrected chi connectivity index (χ2v) is 8.58. The van der Waals surface area contributed by atoms with Crippen LogP contribution in [0.4, 0.5) is 0 Å². The minimum atomic E-state index is -3.01. The summed E-state index contributed by atoms with van der Waals surface area (Å²) in [7, 11) is -3.01. The number of hydrogen-bond acceptors (Lipinski definition) is 3. The molecule has 0 saturated carbocycles. The molecule has 1 atom stereocenters. The van der Waals surface area contributed by atoms with Crippen LogP contribution in [0.3, 0.4) is 0 Å². The largest absolute Gasteiger partial charge is 0.334 e. The van der Waals surface area contributed by atoms with Gasteiger partial charge in [0.2, 0.25) is 0 Å². The normalized spacial score (nSPS) is 22.3. The second-order valence-electron chi connectivity index (χ2n) is 4.59. The summed E-state index contributed by atoms with van der Waals surface area (Å²) in [5, 5.41) is 0. The fourth-order valence-electron chi connectivity index (χ4n) is 2.12. The third kappa shape index (κ3) is 3.38. The molecule has 1 aliphatic rings. The Hall–Kier alpha value is -0.400. The van der Waals surface area contributed by atoms with Crippen LogP contribution in [0.2, 0.25) is 0 Å². The molecule has 0 radical (unpaired) electrons. The van der Waals surface area contributed by atoms with Gasteiger partial charge in [-0.3, -0.25) is 4.79 Å². The molecule has 1 aliphatic heterocycles. The highest BCUT2D eigenvalue weighted by atomic mass is 79.9. The zero-order valence-electron chi connectivity index (χ0n) is 10.3. The van der Waals surface area contributed by atoms with Crippen molar-refractivity contribution in [2.24, 2.45) is 0 Å². The van der Waals surface area contributed by atoms with Gasteiger partial charge in [0.15, 0.2) is 9.84 Å². The Morgan fingerprint density at radius 2 is 2.05 bits per heavy atom. The van der Waals surface area contributed by atoms with Crippen LogP contribution in [0.25, 0.3) is 0 Å². The summed E-state index contributed by atoms with van der Waals surface area (Å²) < 4.78 is 24.6. The lowest BCUT2D eigenvalue weighted by atomic mass is 10.1. The molecule has 0 aromatic heterocycles. The molecule has 4 nitrogen and oxygen atoms in total. The van der Waals surface area contributed by atoms with Gasteiger partial charge in [-0.1, -0.05) is 15.9 Å². The highest BCUT2D eigenvalue weighted by Gasteiger charge is 2.32. The predicted molar refractivity (Wildman–Crippen MR) is 81.0 cm³/mol. The monoisotopic (exact) mass is 409 g/mol. The molecular weight excluding hydrogens is 398 g/mol. The number of benzene rings is 1. The van der Waals surface area contributed by atoms with E-state index in [9.17, 15) is 13.2 Å². The van der Waals surface area contributed by atoms with Crippen LogP contribution < -0.4 is 0 Å². The zero-order valence-corrected chi connectivity index (χ0v) is 14.3. The number of sulfone groups is 1. The van der Waals surface area contributed by atoms with E-state index in [-0.39, 0.29) is 30.0 Å². The number of hydrogen-bond donors (Lipinski definition) is 0. The SMILES string of the molecule is CC1CS(=O)(=O)CCN1C(=O)c1cc(Br)ccc1Br. The first-order valence-corrected chi connectivity index (χ1v) is 9.17. The summed E-state index contributed by atoms with van der Waals surface area (Å²) in [4.78, 5) is 14.1. The van der Waals surface area contributed by atoms with Crippen LogP contribution in [0.15, 0.2) is 27.1 Å². The predicted octanol–water partition coefficient (Wildman–Crippen LogP) is 2.47. The Morgan fingerprint density at radius 3 is 2.68 bits per heavy atom. The van der Waals surface area contributed by atoms with Gasteiger partial charge in [-0.2, -0.15) is 0 Å². The summed E-state index contributed by atoms with van der Waals surface area (Å²) in [5.74, 6) is -0.0745. The summed E-state index contributed by atoms with van der Waals surface area (Å²) in [6, 6.07) is 5.08. The number of halogens is 2. The van der Waals surface area contributed by atoms with Crippen molar-refractivity contribution in [3.05, 3.63) is 32.7 Å². The van der Waals surface area contributed by atoms with Crippen LogP contribution in [0.1, 0.15) is 17.3 Å². The molecule has 1 saturated heterocycles. The highest BCUT2D eigenvalue weighted by molar-refractivity contribution is 9.11. The van der Waals surface area contributed by atoms with Gasteiger partial charge in [0.05, 0.1) is 17.1 Å².